The van der Waals surface area contributed by atoms with Crippen molar-refractivity contribution in [2.45, 2.75) is 12.4 Å². The molecule has 0 fully saturated rings. The average Bonchev–Trinajstić information content (AvgIpc) is 2.47. The number of nitrogens with two attached hydrogens (primary N) is 1. The number of hydrogen-bond donors (Lipinski definition) is 3. The summed E-state index contributed by atoms with van der Waals surface area (Å²) in [5.41, 5.74) is 3.16. The maximum absolute atomic E-state index is 12.8. The monoisotopic (exact) mass is 379 g/mol. The molecule has 0 spiro atoms. The Morgan fingerprint density at radius 1 is 0.760 bits per heavy atom. The minimum Gasteiger partial charge on any atom is -0.399 e. The molecule has 0 aliphatic rings. The van der Waals surface area contributed by atoms with Gasteiger partial charge in [0.05, 0.1) is 11.1 Å². The van der Waals surface area contributed by atoms with Crippen LogP contribution in [0.5, 0.6) is 0 Å². The minimum atomic E-state index is -4.93. The van der Waals surface area contributed by atoms with Gasteiger partial charge in [0.15, 0.2) is 5.11 Å². The lowest BCUT2D eigenvalue weighted by Gasteiger charge is -2.16. The van der Waals surface area contributed by atoms with Gasteiger partial charge in [0.1, 0.15) is 0 Å². The molecule has 0 bridgehead atoms. The van der Waals surface area contributed by atoms with Crippen LogP contribution in [0.15, 0.2) is 42.5 Å². The van der Waals surface area contributed by atoms with Crippen LogP contribution in [-0.4, -0.2) is 5.11 Å². The number of alkyl halides is 6. The highest BCUT2D eigenvalue weighted by Gasteiger charge is 2.37. The second-order valence-electron chi connectivity index (χ2n) is 5.00. The van der Waals surface area contributed by atoms with Crippen LogP contribution in [0, 0.1) is 0 Å². The summed E-state index contributed by atoms with van der Waals surface area (Å²) in [6.07, 6.45) is -9.85. The van der Waals surface area contributed by atoms with Crippen molar-refractivity contribution in [3.63, 3.8) is 0 Å². The Hall–Kier alpha value is -2.49. The predicted molar refractivity (Wildman–Crippen MR) is 87.1 cm³/mol. The van der Waals surface area contributed by atoms with Gasteiger partial charge in [-0.05, 0) is 54.7 Å². The van der Waals surface area contributed by atoms with Crippen molar-refractivity contribution in [2.75, 3.05) is 16.4 Å². The van der Waals surface area contributed by atoms with Gasteiger partial charge < -0.3 is 16.4 Å². The molecule has 0 saturated heterocycles. The number of anilines is 3. The van der Waals surface area contributed by atoms with Gasteiger partial charge in [0.25, 0.3) is 0 Å². The van der Waals surface area contributed by atoms with Gasteiger partial charge in [-0.3, -0.25) is 0 Å². The summed E-state index contributed by atoms with van der Waals surface area (Å²) in [5, 5.41) is 4.79. The molecule has 2 rings (SSSR count). The Kier molecular flexibility index (Phi) is 5.12. The van der Waals surface area contributed by atoms with Gasteiger partial charge in [0, 0.05) is 17.1 Å². The summed E-state index contributed by atoms with van der Waals surface area (Å²) in [5.74, 6) is 0. The van der Waals surface area contributed by atoms with Crippen LogP contribution in [0.4, 0.5) is 43.4 Å². The number of nitrogens with one attached hydrogen (secondary N) is 2. The molecule has 0 unspecified atom stereocenters. The quantitative estimate of drug-likeness (QED) is 0.385. The largest absolute Gasteiger partial charge is 0.416 e. The molecule has 0 radical (unpaired) electrons. The maximum atomic E-state index is 12.8. The van der Waals surface area contributed by atoms with Crippen molar-refractivity contribution >= 4 is 34.4 Å². The minimum absolute atomic E-state index is 0.0433. The molecule has 0 aromatic heterocycles. The van der Waals surface area contributed by atoms with Crippen molar-refractivity contribution in [3.05, 3.63) is 53.6 Å². The molecule has 0 aliphatic carbocycles. The molecular formula is C15H11F6N3S. The molecule has 25 heavy (non-hydrogen) atoms. The summed E-state index contributed by atoms with van der Waals surface area (Å²) in [6.45, 7) is 0. The summed E-state index contributed by atoms with van der Waals surface area (Å²) in [4.78, 5) is 0. The smallest absolute Gasteiger partial charge is 0.399 e. The van der Waals surface area contributed by atoms with E-state index in [4.69, 9.17) is 18.0 Å². The Morgan fingerprint density at radius 2 is 1.20 bits per heavy atom. The highest BCUT2D eigenvalue weighted by Crippen LogP contribution is 2.37. The van der Waals surface area contributed by atoms with E-state index in [1.807, 2.05) is 0 Å². The van der Waals surface area contributed by atoms with E-state index in [2.05, 4.69) is 10.6 Å². The molecule has 2 aromatic carbocycles. The lowest BCUT2D eigenvalue weighted by molar-refractivity contribution is -0.143. The molecule has 4 N–H and O–H groups in total. The third-order valence-electron chi connectivity index (χ3n) is 3.01. The Morgan fingerprint density at radius 3 is 1.64 bits per heavy atom. The lowest BCUT2D eigenvalue weighted by atomic mass is 10.1. The number of thiocarbonyl (C=S) groups is 1. The molecular weight excluding hydrogens is 368 g/mol. The Labute approximate surface area is 143 Å². The second-order valence-corrected chi connectivity index (χ2v) is 5.40. The Balaban J connectivity index is 2.25. The number of rotatable bonds is 2. The fourth-order valence-corrected chi connectivity index (χ4v) is 2.12. The van der Waals surface area contributed by atoms with E-state index >= 15 is 0 Å². The van der Waals surface area contributed by atoms with Crippen LogP contribution >= 0.6 is 12.2 Å². The average molecular weight is 379 g/mol. The van der Waals surface area contributed by atoms with Crippen LogP contribution in [0.25, 0.3) is 0 Å². The van der Waals surface area contributed by atoms with E-state index in [0.29, 0.717) is 23.5 Å². The molecule has 10 heteroatoms. The fourth-order valence-electron chi connectivity index (χ4n) is 1.89. The van der Waals surface area contributed by atoms with Crippen LogP contribution in [-0.2, 0) is 12.4 Å². The lowest BCUT2D eigenvalue weighted by Crippen LogP contribution is -2.20. The van der Waals surface area contributed by atoms with Crippen molar-refractivity contribution in [1.29, 1.82) is 0 Å². The van der Waals surface area contributed by atoms with Gasteiger partial charge in [-0.25, -0.2) is 0 Å². The molecule has 2 aromatic rings. The number of benzene rings is 2. The first kappa shape index (κ1) is 18.8. The first-order valence-electron chi connectivity index (χ1n) is 6.68. The normalized spacial score (nSPS) is 11.9. The predicted octanol–water partition coefficient (Wildman–Crippen LogP) is 5.12. The van der Waals surface area contributed by atoms with E-state index in [-0.39, 0.29) is 11.2 Å². The van der Waals surface area contributed by atoms with Crippen molar-refractivity contribution in [3.8, 4) is 0 Å². The summed E-state index contributed by atoms with van der Waals surface area (Å²) in [7, 11) is 0. The van der Waals surface area contributed by atoms with Gasteiger partial charge in [-0.1, -0.05) is 0 Å². The zero-order chi connectivity index (χ0) is 18.8. The molecule has 0 amide bonds. The topological polar surface area (TPSA) is 50.1 Å². The van der Waals surface area contributed by atoms with Crippen LogP contribution in [0.2, 0.25) is 0 Å². The molecule has 0 saturated carbocycles. The SMILES string of the molecule is Nc1ccc(NC(=S)Nc2cc(C(F)(F)F)cc(C(F)(F)F)c2)cc1. The summed E-state index contributed by atoms with van der Waals surface area (Å²) >= 11 is 4.91. The van der Waals surface area contributed by atoms with Crippen molar-refractivity contribution in [1.82, 2.24) is 0 Å². The van der Waals surface area contributed by atoms with E-state index in [9.17, 15) is 26.3 Å². The van der Waals surface area contributed by atoms with Crippen molar-refractivity contribution in [2.24, 2.45) is 0 Å². The number of hydrogen-bond acceptors (Lipinski definition) is 2. The highest BCUT2D eigenvalue weighted by atomic mass is 32.1. The molecule has 0 aliphatic heterocycles. The molecule has 3 nitrogen and oxygen atoms in total. The van der Waals surface area contributed by atoms with Gasteiger partial charge in [-0.2, -0.15) is 26.3 Å². The Bertz CT molecular complexity index is 736. The zero-order valence-corrected chi connectivity index (χ0v) is 13.1. The van der Waals surface area contributed by atoms with E-state index in [0.717, 1.165) is 0 Å². The van der Waals surface area contributed by atoms with Crippen LogP contribution in [0.3, 0.4) is 0 Å². The first-order chi connectivity index (χ1) is 11.4. The number of halogens is 6. The van der Waals surface area contributed by atoms with E-state index in [1.54, 1.807) is 24.3 Å². The van der Waals surface area contributed by atoms with Crippen LogP contribution in [0.1, 0.15) is 11.1 Å². The first-order valence-corrected chi connectivity index (χ1v) is 7.09. The zero-order valence-electron chi connectivity index (χ0n) is 12.3. The second kappa shape index (κ2) is 6.79. The molecule has 134 valence electrons. The third kappa shape index (κ3) is 5.24. The van der Waals surface area contributed by atoms with E-state index < -0.39 is 29.2 Å². The fraction of sp³-hybridized carbons (Fsp3) is 0.133. The molecule has 0 atom stereocenters. The standard InChI is InChI=1S/C15H11F6N3S/c16-14(17,18)8-5-9(15(19,20)21)7-12(6-8)24-13(25)23-11-3-1-10(22)2-4-11/h1-7H,22H2,(H2,23,24,25). The third-order valence-corrected chi connectivity index (χ3v) is 3.22. The molecule has 0 heterocycles. The summed E-state index contributed by atoms with van der Waals surface area (Å²) < 4.78 is 76.8. The van der Waals surface area contributed by atoms with Gasteiger partial charge in [0.2, 0.25) is 0 Å². The van der Waals surface area contributed by atoms with Crippen molar-refractivity contribution < 1.29 is 26.3 Å². The maximum Gasteiger partial charge on any atom is 0.416 e. The summed E-state index contributed by atoms with van der Waals surface area (Å²) in [6, 6.07) is 7.35. The van der Waals surface area contributed by atoms with Gasteiger partial charge in [-0.15, -0.1) is 0 Å². The number of nitrogen functional groups attached to an aromatic ring is 1. The van der Waals surface area contributed by atoms with Crippen LogP contribution < -0.4 is 16.4 Å². The highest BCUT2D eigenvalue weighted by molar-refractivity contribution is 7.80. The van der Waals surface area contributed by atoms with E-state index in [1.165, 1.54) is 0 Å². The van der Waals surface area contributed by atoms with Gasteiger partial charge >= 0.3 is 12.4 Å².